The molecule has 0 unspecified atom stereocenters. The molecule has 0 radical (unpaired) electrons. The molecular formula is C22H22FNO5. The van der Waals surface area contributed by atoms with E-state index in [2.05, 4.69) is 0 Å². The lowest BCUT2D eigenvalue weighted by atomic mass is 9.95. The van der Waals surface area contributed by atoms with Crippen molar-refractivity contribution in [1.82, 2.24) is 4.90 Å². The monoisotopic (exact) mass is 399 g/mol. The number of ketones is 1. The number of methoxy groups -OCH3 is 2. The highest BCUT2D eigenvalue weighted by molar-refractivity contribution is 6.46. The summed E-state index contributed by atoms with van der Waals surface area (Å²) in [5, 5.41) is 10.9. The number of ether oxygens (including phenoxy) is 2. The number of hydrogen-bond acceptors (Lipinski definition) is 5. The summed E-state index contributed by atoms with van der Waals surface area (Å²) >= 11 is 0. The fourth-order valence-corrected chi connectivity index (χ4v) is 3.41. The van der Waals surface area contributed by atoms with Gasteiger partial charge in [0, 0.05) is 31.4 Å². The highest BCUT2D eigenvalue weighted by Crippen LogP contribution is 2.40. The van der Waals surface area contributed by atoms with Gasteiger partial charge in [0.2, 0.25) is 0 Å². The molecule has 1 aliphatic rings. The van der Waals surface area contributed by atoms with Gasteiger partial charge >= 0.3 is 0 Å². The van der Waals surface area contributed by atoms with Crippen LogP contribution in [-0.2, 0) is 14.3 Å². The fraction of sp³-hybridized carbons (Fsp3) is 0.273. The molecule has 0 aromatic heterocycles. The first kappa shape index (κ1) is 20.5. The smallest absolute Gasteiger partial charge is 0.295 e. The number of aliphatic hydroxyl groups excluding tert-OH is 1. The van der Waals surface area contributed by atoms with Gasteiger partial charge in [-0.25, -0.2) is 4.39 Å². The van der Waals surface area contributed by atoms with E-state index < -0.39 is 23.5 Å². The Balaban J connectivity index is 2.12. The number of likely N-dealkylation sites (tertiary alicyclic amines) is 1. The molecule has 6 nitrogen and oxygen atoms in total. The molecule has 0 spiro atoms. The number of amides is 1. The number of nitrogens with zero attached hydrogens (tertiary/aromatic N) is 1. The number of aliphatic hydroxyl groups is 1. The zero-order valence-electron chi connectivity index (χ0n) is 16.2. The second-order valence-corrected chi connectivity index (χ2v) is 6.59. The van der Waals surface area contributed by atoms with Crippen LogP contribution in [-0.4, -0.2) is 49.1 Å². The van der Waals surface area contributed by atoms with Crippen LogP contribution in [0.2, 0.25) is 0 Å². The number of Topliss-reactive ketones (excluding diaryl/α,β-unsaturated/α-hetero) is 1. The number of halogens is 1. The van der Waals surface area contributed by atoms with E-state index >= 15 is 0 Å². The van der Waals surface area contributed by atoms with Gasteiger partial charge in [0.05, 0.1) is 18.7 Å². The standard InChI is InChI=1S/C22H22FNO5/c1-28-13-5-12-24-19(16-6-3-4-7-17(16)23)18(21(26)22(24)27)20(25)14-8-10-15(29-2)11-9-14/h3-4,6-11,19,25H,5,12-13H2,1-2H3/t19-/m0/s1. The molecule has 1 heterocycles. The molecular weight excluding hydrogens is 377 g/mol. The largest absolute Gasteiger partial charge is 0.507 e. The predicted molar refractivity (Wildman–Crippen MR) is 105 cm³/mol. The van der Waals surface area contributed by atoms with Crippen molar-refractivity contribution in [2.75, 3.05) is 27.4 Å². The lowest BCUT2D eigenvalue weighted by Crippen LogP contribution is -2.31. The summed E-state index contributed by atoms with van der Waals surface area (Å²) < 4.78 is 24.7. The second kappa shape index (κ2) is 8.87. The van der Waals surface area contributed by atoms with E-state index in [1.165, 1.54) is 37.3 Å². The minimum absolute atomic E-state index is 0.136. The highest BCUT2D eigenvalue weighted by Gasteiger charge is 2.46. The lowest BCUT2D eigenvalue weighted by molar-refractivity contribution is -0.140. The van der Waals surface area contributed by atoms with Gasteiger partial charge in [-0.2, -0.15) is 0 Å². The Labute approximate surface area is 168 Å². The maximum absolute atomic E-state index is 14.6. The molecule has 1 atom stereocenters. The number of rotatable bonds is 7. The van der Waals surface area contributed by atoms with Crippen molar-refractivity contribution in [3.05, 3.63) is 71.0 Å². The van der Waals surface area contributed by atoms with Gasteiger partial charge < -0.3 is 19.5 Å². The molecule has 2 aromatic rings. The Morgan fingerprint density at radius 2 is 1.79 bits per heavy atom. The van der Waals surface area contributed by atoms with Crippen LogP contribution in [0.15, 0.2) is 54.1 Å². The molecule has 1 aliphatic heterocycles. The van der Waals surface area contributed by atoms with Crippen LogP contribution in [0, 0.1) is 5.82 Å². The molecule has 1 N–H and O–H groups in total. The van der Waals surface area contributed by atoms with Gasteiger partial charge in [0.1, 0.15) is 17.3 Å². The maximum Gasteiger partial charge on any atom is 0.295 e. The number of benzene rings is 2. The third-order valence-electron chi connectivity index (χ3n) is 4.85. The average molecular weight is 399 g/mol. The van der Waals surface area contributed by atoms with Crippen molar-refractivity contribution in [2.45, 2.75) is 12.5 Å². The van der Waals surface area contributed by atoms with Crippen molar-refractivity contribution in [1.29, 1.82) is 0 Å². The van der Waals surface area contributed by atoms with Crippen molar-refractivity contribution in [3.8, 4) is 5.75 Å². The molecule has 0 bridgehead atoms. The van der Waals surface area contributed by atoms with Crippen LogP contribution in [0.25, 0.3) is 5.76 Å². The zero-order chi connectivity index (χ0) is 21.0. The normalized spacial score (nSPS) is 18.3. The Hall–Kier alpha value is -3.19. The lowest BCUT2D eigenvalue weighted by Gasteiger charge is -2.25. The minimum Gasteiger partial charge on any atom is -0.507 e. The van der Waals surface area contributed by atoms with E-state index in [0.29, 0.717) is 24.3 Å². The van der Waals surface area contributed by atoms with Crippen molar-refractivity contribution in [2.24, 2.45) is 0 Å². The molecule has 0 saturated carbocycles. The molecule has 29 heavy (non-hydrogen) atoms. The molecule has 0 aliphatic carbocycles. The second-order valence-electron chi connectivity index (χ2n) is 6.59. The maximum atomic E-state index is 14.6. The van der Waals surface area contributed by atoms with E-state index in [4.69, 9.17) is 9.47 Å². The van der Waals surface area contributed by atoms with Crippen molar-refractivity contribution in [3.63, 3.8) is 0 Å². The van der Waals surface area contributed by atoms with E-state index in [-0.39, 0.29) is 23.4 Å². The zero-order valence-corrected chi connectivity index (χ0v) is 16.2. The van der Waals surface area contributed by atoms with E-state index in [0.717, 1.165) is 0 Å². The molecule has 152 valence electrons. The van der Waals surface area contributed by atoms with E-state index in [9.17, 15) is 19.1 Å². The average Bonchev–Trinajstić information content (AvgIpc) is 2.98. The van der Waals surface area contributed by atoms with Crippen LogP contribution < -0.4 is 4.74 Å². The summed E-state index contributed by atoms with van der Waals surface area (Å²) in [6, 6.07) is 11.3. The van der Waals surface area contributed by atoms with Crippen LogP contribution in [0.3, 0.4) is 0 Å². The summed E-state index contributed by atoms with van der Waals surface area (Å²) in [6.45, 7) is 0.572. The summed E-state index contributed by atoms with van der Waals surface area (Å²) in [6.07, 6.45) is 0.469. The minimum atomic E-state index is -1.02. The van der Waals surface area contributed by atoms with Gasteiger partial charge in [-0.1, -0.05) is 18.2 Å². The Morgan fingerprint density at radius 1 is 1.10 bits per heavy atom. The third-order valence-corrected chi connectivity index (χ3v) is 4.85. The number of carbonyl (C=O) groups excluding carboxylic acids is 2. The van der Waals surface area contributed by atoms with Gasteiger partial charge in [-0.05, 0) is 36.8 Å². The van der Waals surface area contributed by atoms with E-state index in [1.54, 1.807) is 30.3 Å². The number of carbonyl (C=O) groups is 2. The molecule has 7 heteroatoms. The van der Waals surface area contributed by atoms with Crippen LogP contribution >= 0.6 is 0 Å². The first-order valence-corrected chi connectivity index (χ1v) is 9.15. The third kappa shape index (κ3) is 4.00. The van der Waals surface area contributed by atoms with Crippen molar-refractivity contribution >= 4 is 17.4 Å². The Kier molecular flexibility index (Phi) is 6.29. The first-order chi connectivity index (χ1) is 14.0. The molecule has 1 fully saturated rings. The molecule has 1 amide bonds. The fourth-order valence-electron chi connectivity index (χ4n) is 3.41. The highest BCUT2D eigenvalue weighted by atomic mass is 19.1. The SMILES string of the molecule is COCCCN1C(=O)C(=O)C(=C(O)c2ccc(OC)cc2)[C@@H]1c1ccccc1F. The van der Waals surface area contributed by atoms with Crippen LogP contribution in [0.1, 0.15) is 23.6 Å². The van der Waals surface area contributed by atoms with E-state index in [1.807, 2.05) is 0 Å². The van der Waals surface area contributed by atoms with Gasteiger partial charge in [-0.15, -0.1) is 0 Å². The molecule has 2 aromatic carbocycles. The predicted octanol–water partition coefficient (Wildman–Crippen LogP) is 3.29. The Morgan fingerprint density at radius 3 is 2.41 bits per heavy atom. The summed E-state index contributed by atoms with van der Waals surface area (Å²) in [5.74, 6) is -1.95. The van der Waals surface area contributed by atoms with Crippen LogP contribution in [0.5, 0.6) is 5.75 Å². The van der Waals surface area contributed by atoms with Crippen LogP contribution in [0.4, 0.5) is 4.39 Å². The summed E-state index contributed by atoms with van der Waals surface area (Å²) in [5.41, 5.74) is 0.351. The topological polar surface area (TPSA) is 76.1 Å². The quantitative estimate of drug-likeness (QED) is 0.335. The Bertz CT molecular complexity index is 938. The summed E-state index contributed by atoms with van der Waals surface area (Å²) in [4.78, 5) is 26.8. The molecule has 1 saturated heterocycles. The van der Waals surface area contributed by atoms with Gasteiger partial charge in [0.15, 0.2) is 0 Å². The first-order valence-electron chi connectivity index (χ1n) is 9.15. The molecule has 3 rings (SSSR count). The number of hydrogen-bond donors (Lipinski definition) is 1. The van der Waals surface area contributed by atoms with Crippen molar-refractivity contribution < 1.29 is 28.6 Å². The van der Waals surface area contributed by atoms with Gasteiger partial charge in [-0.3, -0.25) is 9.59 Å². The van der Waals surface area contributed by atoms with Gasteiger partial charge in [0.25, 0.3) is 11.7 Å². The summed E-state index contributed by atoms with van der Waals surface area (Å²) in [7, 11) is 3.05.